The second kappa shape index (κ2) is 8.90. The standard InChI is InChI=1S/C21H24N4O6/c1-5-22-20(28)13-8-16(30-24-13)17-18(21(29)23-6-2)25-31-19(17)12-7-11(10(3)4)14(26)9-15(12)27/h7-10,26-27H,5-6H2,1-4H3,(H,22,28)(H,23,29). The number of hydrogen-bond acceptors (Lipinski definition) is 8. The van der Waals surface area contributed by atoms with Gasteiger partial charge in [-0.2, -0.15) is 0 Å². The van der Waals surface area contributed by atoms with Gasteiger partial charge < -0.3 is 29.9 Å². The van der Waals surface area contributed by atoms with Crippen molar-refractivity contribution in [3.63, 3.8) is 0 Å². The predicted octanol–water partition coefficient (Wildman–Crippen LogP) is 3.03. The Bertz CT molecular complexity index is 1120. The van der Waals surface area contributed by atoms with Gasteiger partial charge in [-0.1, -0.05) is 24.2 Å². The highest BCUT2D eigenvalue weighted by Crippen LogP contribution is 2.43. The molecule has 2 amide bonds. The quantitative estimate of drug-likeness (QED) is 0.448. The van der Waals surface area contributed by atoms with Crippen LogP contribution in [0.1, 0.15) is 60.2 Å². The summed E-state index contributed by atoms with van der Waals surface area (Å²) in [6, 6.07) is 4.12. The van der Waals surface area contributed by atoms with Gasteiger partial charge in [-0.15, -0.1) is 0 Å². The van der Waals surface area contributed by atoms with Crippen molar-refractivity contribution < 1.29 is 28.8 Å². The third kappa shape index (κ3) is 4.23. The summed E-state index contributed by atoms with van der Waals surface area (Å²) in [5, 5.41) is 33.5. The molecule has 0 fully saturated rings. The fraction of sp³-hybridized carbons (Fsp3) is 0.333. The van der Waals surface area contributed by atoms with Gasteiger partial charge in [0.15, 0.2) is 22.9 Å². The van der Waals surface area contributed by atoms with Crippen molar-refractivity contribution in [1.82, 2.24) is 20.9 Å². The number of phenols is 2. The molecule has 4 N–H and O–H groups in total. The van der Waals surface area contributed by atoms with Crippen LogP contribution in [0, 0.1) is 0 Å². The minimum Gasteiger partial charge on any atom is -0.508 e. The highest BCUT2D eigenvalue weighted by Gasteiger charge is 2.30. The summed E-state index contributed by atoms with van der Waals surface area (Å²) in [7, 11) is 0. The van der Waals surface area contributed by atoms with Crippen LogP contribution >= 0.6 is 0 Å². The van der Waals surface area contributed by atoms with E-state index in [1.54, 1.807) is 19.9 Å². The number of hydrogen-bond donors (Lipinski definition) is 4. The monoisotopic (exact) mass is 428 g/mol. The number of phenolic OH excluding ortho intramolecular Hbond substituents is 2. The highest BCUT2D eigenvalue weighted by molar-refractivity contribution is 6.02. The van der Waals surface area contributed by atoms with Gasteiger partial charge in [0.05, 0.1) is 5.56 Å². The Labute approximate surface area is 178 Å². The van der Waals surface area contributed by atoms with Crippen LogP contribution in [0.2, 0.25) is 0 Å². The Morgan fingerprint density at radius 2 is 1.65 bits per heavy atom. The van der Waals surface area contributed by atoms with Crippen molar-refractivity contribution >= 4 is 11.8 Å². The van der Waals surface area contributed by atoms with Gasteiger partial charge >= 0.3 is 0 Å². The summed E-state index contributed by atoms with van der Waals surface area (Å²) in [5.74, 6) is -1.25. The lowest BCUT2D eigenvalue weighted by atomic mass is 9.95. The molecule has 0 bridgehead atoms. The minimum atomic E-state index is -0.522. The van der Waals surface area contributed by atoms with E-state index in [2.05, 4.69) is 20.9 Å². The number of benzene rings is 1. The summed E-state index contributed by atoms with van der Waals surface area (Å²) < 4.78 is 10.8. The molecule has 0 atom stereocenters. The maximum Gasteiger partial charge on any atom is 0.274 e. The van der Waals surface area contributed by atoms with Crippen molar-refractivity contribution in [2.24, 2.45) is 0 Å². The Kier molecular flexibility index (Phi) is 6.28. The fourth-order valence-electron chi connectivity index (χ4n) is 3.09. The van der Waals surface area contributed by atoms with Crippen LogP contribution in [0.3, 0.4) is 0 Å². The molecule has 2 heterocycles. The largest absolute Gasteiger partial charge is 0.508 e. The zero-order chi connectivity index (χ0) is 22.7. The van der Waals surface area contributed by atoms with Gasteiger partial charge in [-0.3, -0.25) is 9.59 Å². The maximum absolute atomic E-state index is 12.6. The van der Waals surface area contributed by atoms with Crippen LogP contribution < -0.4 is 10.6 Å². The van der Waals surface area contributed by atoms with Gasteiger partial charge in [0, 0.05) is 25.2 Å². The molecule has 0 radical (unpaired) electrons. The van der Waals surface area contributed by atoms with E-state index < -0.39 is 11.8 Å². The molecule has 0 saturated heterocycles. The molecule has 0 saturated carbocycles. The smallest absolute Gasteiger partial charge is 0.274 e. The van der Waals surface area contributed by atoms with Crippen molar-refractivity contribution in [3.05, 3.63) is 35.2 Å². The predicted molar refractivity (Wildman–Crippen MR) is 111 cm³/mol. The van der Waals surface area contributed by atoms with Gasteiger partial charge in [0.25, 0.3) is 11.8 Å². The van der Waals surface area contributed by atoms with Gasteiger partial charge in [0.2, 0.25) is 0 Å². The van der Waals surface area contributed by atoms with E-state index in [0.29, 0.717) is 18.7 Å². The molecular formula is C21H24N4O6. The van der Waals surface area contributed by atoms with Crippen molar-refractivity contribution in [3.8, 4) is 34.1 Å². The third-order valence-electron chi connectivity index (χ3n) is 4.58. The maximum atomic E-state index is 12.6. The van der Waals surface area contributed by atoms with E-state index in [9.17, 15) is 19.8 Å². The van der Waals surface area contributed by atoms with Crippen LogP contribution in [0.15, 0.2) is 27.2 Å². The van der Waals surface area contributed by atoms with E-state index in [0.717, 1.165) is 0 Å². The fourth-order valence-corrected chi connectivity index (χ4v) is 3.09. The Hall–Kier alpha value is -3.82. The molecule has 10 nitrogen and oxygen atoms in total. The number of nitrogens with zero attached hydrogens (tertiary/aromatic N) is 2. The molecule has 10 heteroatoms. The zero-order valence-electron chi connectivity index (χ0n) is 17.6. The van der Waals surface area contributed by atoms with Gasteiger partial charge in [-0.25, -0.2) is 0 Å². The molecular weight excluding hydrogens is 404 g/mol. The number of nitrogens with one attached hydrogen (secondary N) is 2. The average molecular weight is 428 g/mol. The molecule has 2 aromatic heterocycles. The van der Waals surface area contributed by atoms with E-state index >= 15 is 0 Å². The van der Waals surface area contributed by atoms with Crippen molar-refractivity contribution in [2.75, 3.05) is 13.1 Å². The summed E-state index contributed by atoms with van der Waals surface area (Å²) in [6.07, 6.45) is 0. The number of carbonyl (C=O) groups excluding carboxylic acids is 2. The first-order valence-corrected chi connectivity index (χ1v) is 9.87. The molecule has 164 valence electrons. The summed E-state index contributed by atoms with van der Waals surface area (Å²) in [5.41, 5.74) is 0.827. The number of rotatable bonds is 7. The lowest BCUT2D eigenvalue weighted by molar-refractivity contribution is 0.0938. The molecule has 1 aromatic carbocycles. The number of aromatic nitrogens is 2. The lowest BCUT2D eigenvalue weighted by Gasteiger charge is -2.11. The molecule has 0 spiro atoms. The number of aromatic hydroxyl groups is 2. The number of amides is 2. The van der Waals surface area contributed by atoms with Crippen LogP contribution in [0.25, 0.3) is 22.6 Å². The first kappa shape index (κ1) is 21.9. The molecule has 3 aromatic rings. The first-order valence-electron chi connectivity index (χ1n) is 9.87. The van der Waals surface area contributed by atoms with E-state index in [1.165, 1.54) is 12.1 Å². The average Bonchev–Trinajstić information content (AvgIpc) is 3.35. The van der Waals surface area contributed by atoms with E-state index in [1.807, 2.05) is 13.8 Å². The molecule has 31 heavy (non-hydrogen) atoms. The van der Waals surface area contributed by atoms with Gasteiger partial charge in [0.1, 0.15) is 17.1 Å². The lowest BCUT2D eigenvalue weighted by Crippen LogP contribution is -2.23. The topological polar surface area (TPSA) is 151 Å². The highest BCUT2D eigenvalue weighted by atomic mass is 16.5. The van der Waals surface area contributed by atoms with Gasteiger partial charge in [-0.05, 0) is 31.4 Å². The molecule has 3 rings (SSSR count). The van der Waals surface area contributed by atoms with E-state index in [4.69, 9.17) is 9.05 Å². The Balaban J connectivity index is 2.21. The summed E-state index contributed by atoms with van der Waals surface area (Å²) in [4.78, 5) is 24.7. The molecule has 0 unspecified atom stereocenters. The molecule has 0 aliphatic carbocycles. The van der Waals surface area contributed by atoms with Crippen molar-refractivity contribution in [2.45, 2.75) is 33.6 Å². The Morgan fingerprint density at radius 1 is 0.968 bits per heavy atom. The van der Waals surface area contributed by atoms with Crippen LogP contribution in [-0.4, -0.2) is 45.4 Å². The minimum absolute atomic E-state index is 0.0173. The van der Waals surface area contributed by atoms with E-state index in [-0.39, 0.29) is 51.5 Å². The summed E-state index contributed by atoms with van der Waals surface area (Å²) in [6.45, 7) is 8.04. The van der Waals surface area contributed by atoms with Crippen molar-refractivity contribution in [1.29, 1.82) is 0 Å². The SMILES string of the molecule is CCNC(=O)c1cc(-c2c(C(=O)NCC)noc2-c2cc(C(C)C)c(O)cc2O)on1. The summed E-state index contributed by atoms with van der Waals surface area (Å²) >= 11 is 0. The second-order valence-electron chi connectivity index (χ2n) is 7.11. The molecule has 0 aliphatic rings. The number of carbonyl (C=O) groups is 2. The second-order valence-corrected chi connectivity index (χ2v) is 7.11. The van der Waals surface area contributed by atoms with Crippen LogP contribution in [0.4, 0.5) is 0 Å². The van der Waals surface area contributed by atoms with Crippen LogP contribution in [-0.2, 0) is 0 Å². The zero-order valence-corrected chi connectivity index (χ0v) is 17.6. The Morgan fingerprint density at radius 3 is 2.29 bits per heavy atom. The normalized spacial score (nSPS) is 11.0. The molecule has 0 aliphatic heterocycles. The first-order chi connectivity index (χ1) is 14.8. The van der Waals surface area contributed by atoms with Crippen LogP contribution in [0.5, 0.6) is 11.5 Å². The third-order valence-corrected chi connectivity index (χ3v) is 4.58.